The summed E-state index contributed by atoms with van der Waals surface area (Å²) in [5.41, 5.74) is 0.740. The Bertz CT molecular complexity index is 1000. The van der Waals surface area contributed by atoms with Gasteiger partial charge in [0, 0.05) is 38.2 Å². The highest BCUT2D eigenvalue weighted by Crippen LogP contribution is 2.37. The number of benzene rings is 1. The van der Waals surface area contributed by atoms with E-state index in [1.807, 2.05) is 12.1 Å². The first-order valence-corrected chi connectivity index (χ1v) is 13.0. The van der Waals surface area contributed by atoms with Crippen molar-refractivity contribution in [1.29, 1.82) is 0 Å². The number of hydrogen-bond acceptors (Lipinski definition) is 6. The van der Waals surface area contributed by atoms with Gasteiger partial charge in [0.25, 0.3) is 6.43 Å². The molecule has 194 valence electrons. The van der Waals surface area contributed by atoms with Crippen LogP contribution in [0, 0.1) is 0 Å². The molecule has 0 saturated carbocycles. The van der Waals surface area contributed by atoms with E-state index in [1.54, 1.807) is 0 Å². The molecule has 1 aromatic carbocycles. The number of carbonyl (C=O) groups excluding carboxylic acids is 1. The minimum atomic E-state index is -2.63. The Kier molecular flexibility index (Phi) is 7.55. The molecule has 0 atom stereocenters. The maximum Gasteiger partial charge on any atom is 0.415 e. The summed E-state index contributed by atoms with van der Waals surface area (Å²) in [6.45, 7) is 6.19. The van der Waals surface area contributed by atoms with Crippen molar-refractivity contribution in [2.45, 2.75) is 50.6 Å². The minimum absolute atomic E-state index is 0.303. The van der Waals surface area contributed by atoms with Crippen LogP contribution in [0.3, 0.4) is 0 Å². The summed E-state index contributed by atoms with van der Waals surface area (Å²) < 4.78 is 37.3. The van der Waals surface area contributed by atoms with Gasteiger partial charge in [0.15, 0.2) is 0 Å². The van der Waals surface area contributed by atoms with Crippen LogP contribution in [0.2, 0.25) is 0 Å². The van der Waals surface area contributed by atoms with E-state index >= 15 is 0 Å². The second-order valence-corrected chi connectivity index (χ2v) is 9.96. The van der Waals surface area contributed by atoms with Crippen LogP contribution in [0.5, 0.6) is 5.75 Å². The van der Waals surface area contributed by atoms with Gasteiger partial charge in [-0.15, -0.1) is 0 Å². The SMILES string of the molecule is O=C1OC2(CCN(c3ccc(OCCCN4CCCCC4)cc3)CC2)CN1c1ccc(C(F)F)nc1. The number of amides is 1. The lowest BCUT2D eigenvalue weighted by Gasteiger charge is -2.38. The van der Waals surface area contributed by atoms with Crippen molar-refractivity contribution in [3.8, 4) is 5.75 Å². The van der Waals surface area contributed by atoms with E-state index in [-0.39, 0.29) is 5.69 Å². The summed E-state index contributed by atoms with van der Waals surface area (Å²) in [6.07, 6.45) is 4.66. The smallest absolute Gasteiger partial charge is 0.415 e. The van der Waals surface area contributed by atoms with Gasteiger partial charge in [-0.2, -0.15) is 0 Å². The molecule has 4 heterocycles. The zero-order chi connectivity index (χ0) is 25.0. The number of halogens is 2. The van der Waals surface area contributed by atoms with Gasteiger partial charge >= 0.3 is 6.09 Å². The third-order valence-electron chi connectivity index (χ3n) is 7.49. The number of likely N-dealkylation sites (tertiary alicyclic amines) is 1. The molecule has 1 aromatic heterocycles. The van der Waals surface area contributed by atoms with Crippen molar-refractivity contribution in [3.05, 3.63) is 48.3 Å². The molecule has 0 aliphatic carbocycles. The van der Waals surface area contributed by atoms with E-state index in [4.69, 9.17) is 9.47 Å². The molecule has 1 spiro atoms. The molecule has 5 rings (SSSR count). The summed E-state index contributed by atoms with van der Waals surface area (Å²) in [4.78, 5) is 22.6. The molecule has 3 aliphatic rings. The van der Waals surface area contributed by atoms with Gasteiger partial charge in [-0.1, -0.05) is 6.42 Å². The molecular formula is C27H34F2N4O3. The molecular weight excluding hydrogens is 466 g/mol. The molecule has 9 heteroatoms. The van der Waals surface area contributed by atoms with Crippen LogP contribution in [0.1, 0.15) is 50.6 Å². The Hall–Kier alpha value is -2.94. The van der Waals surface area contributed by atoms with Gasteiger partial charge in [0.1, 0.15) is 17.0 Å². The van der Waals surface area contributed by atoms with Gasteiger partial charge in [0.05, 0.1) is 25.0 Å². The zero-order valence-corrected chi connectivity index (χ0v) is 20.6. The monoisotopic (exact) mass is 500 g/mol. The third kappa shape index (κ3) is 5.72. The fraction of sp³-hybridized carbons (Fsp3) is 0.556. The molecule has 36 heavy (non-hydrogen) atoms. The van der Waals surface area contributed by atoms with Crippen LogP contribution < -0.4 is 14.5 Å². The number of nitrogens with zero attached hydrogens (tertiary/aromatic N) is 4. The predicted octanol–water partition coefficient (Wildman–Crippen LogP) is 5.27. The number of aromatic nitrogens is 1. The van der Waals surface area contributed by atoms with Crippen molar-refractivity contribution in [2.75, 3.05) is 55.7 Å². The van der Waals surface area contributed by atoms with Crippen molar-refractivity contribution < 1.29 is 23.0 Å². The van der Waals surface area contributed by atoms with E-state index in [0.29, 0.717) is 25.1 Å². The van der Waals surface area contributed by atoms with E-state index in [1.165, 1.54) is 55.6 Å². The Balaban J connectivity index is 1.09. The van der Waals surface area contributed by atoms with Gasteiger partial charge in [-0.25, -0.2) is 13.6 Å². The Morgan fingerprint density at radius 3 is 2.36 bits per heavy atom. The number of alkyl halides is 2. The van der Waals surface area contributed by atoms with Crippen LogP contribution in [-0.2, 0) is 4.74 Å². The summed E-state index contributed by atoms with van der Waals surface area (Å²) >= 11 is 0. The predicted molar refractivity (Wildman–Crippen MR) is 134 cm³/mol. The summed E-state index contributed by atoms with van der Waals surface area (Å²) in [7, 11) is 0. The lowest BCUT2D eigenvalue weighted by atomic mass is 9.91. The van der Waals surface area contributed by atoms with Gasteiger partial charge < -0.3 is 19.3 Å². The highest BCUT2D eigenvalue weighted by atomic mass is 19.3. The Morgan fingerprint density at radius 1 is 0.972 bits per heavy atom. The van der Waals surface area contributed by atoms with Crippen LogP contribution in [0.25, 0.3) is 0 Å². The van der Waals surface area contributed by atoms with Crippen LogP contribution >= 0.6 is 0 Å². The summed E-state index contributed by atoms with van der Waals surface area (Å²) in [6, 6.07) is 11.0. The molecule has 3 fully saturated rings. The van der Waals surface area contributed by atoms with E-state index in [9.17, 15) is 13.6 Å². The first kappa shape index (κ1) is 24.7. The molecule has 0 bridgehead atoms. The number of rotatable bonds is 8. The normalized spacial score (nSPS) is 20.2. The number of pyridine rings is 1. The Labute approximate surface area is 211 Å². The van der Waals surface area contributed by atoms with E-state index in [2.05, 4.69) is 26.9 Å². The standard InChI is InChI=1S/C27H34F2N4O3/c28-25(29)24-10-7-22(19-30-24)33-20-27(36-26(33)34)11-16-32(17-12-27)21-5-8-23(9-6-21)35-18-4-15-31-13-2-1-3-14-31/h5-10,19,25H,1-4,11-18,20H2. The average Bonchev–Trinajstić information content (AvgIpc) is 3.23. The highest BCUT2D eigenvalue weighted by Gasteiger charge is 2.47. The number of anilines is 2. The number of piperidine rings is 2. The average molecular weight is 501 g/mol. The van der Waals surface area contributed by atoms with Crippen molar-refractivity contribution in [2.24, 2.45) is 0 Å². The second kappa shape index (κ2) is 11.0. The fourth-order valence-electron chi connectivity index (χ4n) is 5.36. The van der Waals surface area contributed by atoms with E-state index < -0.39 is 18.1 Å². The minimum Gasteiger partial charge on any atom is -0.494 e. The number of carbonyl (C=O) groups is 1. The van der Waals surface area contributed by atoms with Gasteiger partial charge in [-0.3, -0.25) is 9.88 Å². The lowest BCUT2D eigenvalue weighted by molar-refractivity contribution is 0.0367. The molecule has 0 radical (unpaired) electrons. The highest BCUT2D eigenvalue weighted by molar-refractivity contribution is 5.90. The van der Waals surface area contributed by atoms with E-state index in [0.717, 1.165) is 44.1 Å². The van der Waals surface area contributed by atoms with Crippen LogP contribution in [0.4, 0.5) is 25.0 Å². The second-order valence-electron chi connectivity index (χ2n) is 9.96. The first-order chi connectivity index (χ1) is 17.5. The summed E-state index contributed by atoms with van der Waals surface area (Å²) in [5.74, 6) is 0.887. The van der Waals surface area contributed by atoms with Crippen LogP contribution in [-0.4, -0.2) is 67.5 Å². The van der Waals surface area contributed by atoms with Crippen molar-refractivity contribution >= 4 is 17.5 Å². The van der Waals surface area contributed by atoms with Crippen molar-refractivity contribution in [1.82, 2.24) is 9.88 Å². The molecule has 2 aromatic rings. The molecule has 3 aliphatic heterocycles. The van der Waals surface area contributed by atoms with Gasteiger partial charge in [0.2, 0.25) is 0 Å². The summed E-state index contributed by atoms with van der Waals surface area (Å²) in [5, 5.41) is 0. The zero-order valence-electron chi connectivity index (χ0n) is 20.6. The topological polar surface area (TPSA) is 58.1 Å². The fourth-order valence-corrected chi connectivity index (χ4v) is 5.36. The molecule has 7 nitrogen and oxygen atoms in total. The first-order valence-electron chi connectivity index (χ1n) is 13.0. The molecule has 0 N–H and O–H groups in total. The van der Waals surface area contributed by atoms with Crippen molar-refractivity contribution in [3.63, 3.8) is 0 Å². The van der Waals surface area contributed by atoms with Crippen LogP contribution in [0.15, 0.2) is 42.6 Å². The largest absolute Gasteiger partial charge is 0.494 e. The maximum atomic E-state index is 12.8. The third-order valence-corrected chi connectivity index (χ3v) is 7.49. The maximum absolute atomic E-state index is 12.8. The lowest BCUT2D eigenvalue weighted by Crippen LogP contribution is -2.47. The molecule has 3 saturated heterocycles. The number of ether oxygens (including phenoxy) is 2. The quantitative estimate of drug-likeness (QED) is 0.461. The number of hydrogen-bond donors (Lipinski definition) is 0. The Morgan fingerprint density at radius 2 is 1.69 bits per heavy atom. The van der Waals surface area contributed by atoms with Gasteiger partial charge in [-0.05, 0) is 68.8 Å². The molecule has 0 unspecified atom stereocenters. The molecule has 1 amide bonds.